The molecule has 0 aromatic heterocycles. The molecule has 3 aliphatic rings. The zero-order chi connectivity index (χ0) is 32.7. The summed E-state index contributed by atoms with van der Waals surface area (Å²) in [6.45, 7) is 2.82. The van der Waals surface area contributed by atoms with E-state index in [4.69, 9.17) is 9.47 Å². The van der Waals surface area contributed by atoms with Crippen molar-refractivity contribution in [3.63, 3.8) is 0 Å². The number of alkyl halides is 3. The second-order valence-electron chi connectivity index (χ2n) is 11.1. The van der Waals surface area contributed by atoms with E-state index in [2.05, 4.69) is 14.9 Å². The summed E-state index contributed by atoms with van der Waals surface area (Å²) in [5, 5.41) is 2.63. The number of allylic oxidation sites excluding steroid dienone is 1. The van der Waals surface area contributed by atoms with Crippen molar-refractivity contribution in [1.82, 2.24) is 5.32 Å². The highest BCUT2D eigenvalue weighted by molar-refractivity contribution is 7.92. The molecular formula is C32H28F3N3O7S. The van der Waals surface area contributed by atoms with Gasteiger partial charge in [0.15, 0.2) is 17.4 Å². The number of ether oxygens (including phenoxy) is 2. The zero-order valence-corrected chi connectivity index (χ0v) is 25.0. The number of amides is 1. The van der Waals surface area contributed by atoms with E-state index in [1.165, 1.54) is 0 Å². The van der Waals surface area contributed by atoms with Crippen molar-refractivity contribution in [2.24, 2.45) is 0 Å². The summed E-state index contributed by atoms with van der Waals surface area (Å²) >= 11 is 0. The highest BCUT2D eigenvalue weighted by Crippen LogP contribution is 2.34. The van der Waals surface area contributed by atoms with Crippen LogP contribution in [0.5, 0.6) is 0 Å². The SMILES string of the molecule is O=C(NCc1ccc(N2CCC3(CC2)OCCO3)cc1)C1=CC(=O)c2ccc(S(=O)(=O)Nc3cccc(C(F)(F)F)c3)cc2C1=O. The number of hydrogen-bond donors (Lipinski definition) is 2. The predicted molar refractivity (Wildman–Crippen MR) is 160 cm³/mol. The maximum atomic E-state index is 13.3. The Balaban J connectivity index is 1.11. The highest BCUT2D eigenvalue weighted by Gasteiger charge is 2.40. The lowest BCUT2D eigenvalue weighted by atomic mass is 9.89. The van der Waals surface area contributed by atoms with Crippen LogP contribution >= 0.6 is 0 Å². The maximum absolute atomic E-state index is 13.3. The van der Waals surface area contributed by atoms with Gasteiger partial charge in [0, 0.05) is 61.1 Å². The molecular weight excluding hydrogens is 627 g/mol. The Labute approximate surface area is 262 Å². The molecule has 10 nitrogen and oxygen atoms in total. The molecule has 0 atom stereocenters. The molecule has 14 heteroatoms. The predicted octanol–water partition coefficient (Wildman–Crippen LogP) is 4.47. The average molecular weight is 656 g/mol. The topological polar surface area (TPSA) is 131 Å². The molecule has 1 amide bonds. The number of fused-ring (bicyclic) bond motifs is 1. The molecule has 0 unspecified atom stereocenters. The number of Topliss-reactive ketones (excluding diaryl/α,β-unsaturated/α-hetero) is 1. The minimum atomic E-state index is -4.69. The second kappa shape index (κ2) is 12.0. The number of hydrogen-bond acceptors (Lipinski definition) is 8. The van der Waals surface area contributed by atoms with Crippen LogP contribution in [-0.2, 0) is 37.0 Å². The van der Waals surface area contributed by atoms with Crippen molar-refractivity contribution in [3.8, 4) is 0 Å². The van der Waals surface area contributed by atoms with Crippen molar-refractivity contribution >= 4 is 38.9 Å². The van der Waals surface area contributed by atoms with Gasteiger partial charge in [0.2, 0.25) is 0 Å². The first-order valence-electron chi connectivity index (χ1n) is 14.4. The van der Waals surface area contributed by atoms with Crippen LogP contribution < -0.4 is 14.9 Å². The van der Waals surface area contributed by atoms with Gasteiger partial charge >= 0.3 is 6.18 Å². The van der Waals surface area contributed by atoms with Crippen molar-refractivity contribution in [1.29, 1.82) is 0 Å². The molecule has 2 fully saturated rings. The minimum absolute atomic E-state index is 0.0604. The molecule has 2 N–H and O–H groups in total. The van der Waals surface area contributed by atoms with Crippen molar-refractivity contribution in [2.75, 3.05) is 35.9 Å². The van der Waals surface area contributed by atoms with E-state index in [1.54, 1.807) is 0 Å². The van der Waals surface area contributed by atoms with Crippen LogP contribution in [0.1, 0.15) is 44.7 Å². The van der Waals surface area contributed by atoms with Crippen LogP contribution in [0.3, 0.4) is 0 Å². The van der Waals surface area contributed by atoms with Crippen LogP contribution in [0.4, 0.5) is 24.5 Å². The van der Waals surface area contributed by atoms with Gasteiger partial charge in [0.05, 0.1) is 29.2 Å². The first kappa shape index (κ1) is 31.5. The summed E-state index contributed by atoms with van der Waals surface area (Å²) in [5.41, 5.74) is -0.536. The van der Waals surface area contributed by atoms with Gasteiger partial charge in [0.25, 0.3) is 15.9 Å². The lowest BCUT2D eigenvalue weighted by molar-refractivity contribution is -0.169. The monoisotopic (exact) mass is 655 g/mol. The molecule has 3 aromatic rings. The third kappa shape index (κ3) is 6.41. The molecule has 2 aliphatic heterocycles. The van der Waals surface area contributed by atoms with Gasteiger partial charge in [-0.15, -0.1) is 0 Å². The molecule has 1 aliphatic carbocycles. The molecule has 46 heavy (non-hydrogen) atoms. The molecule has 0 saturated carbocycles. The number of halogens is 3. The summed E-state index contributed by atoms with van der Waals surface area (Å²) in [6.07, 6.45) is -2.27. The third-order valence-electron chi connectivity index (χ3n) is 8.11. The summed E-state index contributed by atoms with van der Waals surface area (Å²) in [6, 6.07) is 14.3. The number of rotatable bonds is 7. The Morgan fingerprint density at radius 2 is 1.61 bits per heavy atom. The molecule has 2 heterocycles. The maximum Gasteiger partial charge on any atom is 0.416 e. The Kier molecular flexibility index (Phi) is 8.21. The summed E-state index contributed by atoms with van der Waals surface area (Å²) in [4.78, 5) is 40.8. The molecule has 1 spiro atoms. The Hall–Kier alpha value is -4.53. The van der Waals surface area contributed by atoms with Crippen LogP contribution in [0.25, 0.3) is 0 Å². The van der Waals surface area contributed by atoms with Crippen molar-refractivity contribution in [2.45, 2.75) is 36.2 Å². The van der Waals surface area contributed by atoms with Crippen LogP contribution in [0, 0.1) is 0 Å². The van der Waals surface area contributed by atoms with E-state index in [9.17, 15) is 36.0 Å². The van der Waals surface area contributed by atoms with E-state index in [0.717, 1.165) is 79.7 Å². The second-order valence-corrected chi connectivity index (χ2v) is 12.8. The fourth-order valence-electron chi connectivity index (χ4n) is 5.65. The van der Waals surface area contributed by atoms with Crippen LogP contribution in [-0.4, -0.2) is 58.0 Å². The van der Waals surface area contributed by atoms with E-state index >= 15 is 0 Å². The molecule has 6 rings (SSSR count). The molecule has 0 bridgehead atoms. The normalized spacial score (nSPS) is 17.9. The standard InChI is InChI=1S/C32H28F3N3O7S/c33-32(34,35)21-2-1-3-22(16-21)37-46(42,43)24-8-9-25-26(17-24)29(40)27(18-28(25)39)30(41)36-19-20-4-6-23(7-5-20)38-12-10-31(11-13-38)44-14-15-45-31/h1-9,16-18,37H,10-15,19H2,(H,36,41). The van der Waals surface area contributed by atoms with Crippen molar-refractivity contribution in [3.05, 3.63) is 101 Å². The lowest BCUT2D eigenvalue weighted by Gasteiger charge is -2.38. The summed E-state index contributed by atoms with van der Waals surface area (Å²) < 4.78 is 78.9. The number of benzene rings is 3. The number of ketones is 2. The van der Waals surface area contributed by atoms with Crippen LogP contribution in [0.2, 0.25) is 0 Å². The van der Waals surface area contributed by atoms with Crippen LogP contribution in [0.15, 0.2) is 83.3 Å². The largest absolute Gasteiger partial charge is 0.416 e. The number of nitrogens with zero attached hydrogens (tertiary/aromatic N) is 1. The number of carbonyl (C=O) groups excluding carboxylic acids is 3. The van der Waals surface area contributed by atoms with Gasteiger partial charge in [-0.3, -0.25) is 19.1 Å². The molecule has 3 aromatic carbocycles. The van der Waals surface area contributed by atoms with E-state index in [-0.39, 0.29) is 23.4 Å². The molecule has 2 saturated heterocycles. The fraction of sp³-hybridized carbons (Fsp3) is 0.281. The van der Waals surface area contributed by atoms with Gasteiger partial charge in [0.1, 0.15) is 0 Å². The number of anilines is 2. The first-order valence-corrected chi connectivity index (χ1v) is 15.9. The van der Waals surface area contributed by atoms with E-state index in [1.807, 2.05) is 24.3 Å². The van der Waals surface area contributed by atoms with Crippen molar-refractivity contribution < 1.29 is 45.4 Å². The number of piperidine rings is 1. The molecule has 0 radical (unpaired) electrons. The van der Waals surface area contributed by atoms with Gasteiger partial charge in [-0.2, -0.15) is 13.2 Å². The summed E-state index contributed by atoms with van der Waals surface area (Å²) in [5.74, 6) is -2.83. The Morgan fingerprint density at radius 3 is 2.28 bits per heavy atom. The smallest absolute Gasteiger partial charge is 0.371 e. The number of nitrogens with one attached hydrogen (secondary N) is 2. The highest BCUT2D eigenvalue weighted by atomic mass is 32.2. The zero-order valence-electron chi connectivity index (χ0n) is 24.2. The third-order valence-corrected chi connectivity index (χ3v) is 9.49. The molecule has 240 valence electrons. The number of carbonyl (C=O) groups is 3. The lowest BCUT2D eigenvalue weighted by Crippen LogP contribution is -2.45. The quantitative estimate of drug-likeness (QED) is 0.357. The first-order chi connectivity index (χ1) is 21.8. The van der Waals surface area contributed by atoms with E-state index < -0.39 is 55.5 Å². The van der Waals surface area contributed by atoms with Gasteiger partial charge in [-0.1, -0.05) is 18.2 Å². The summed E-state index contributed by atoms with van der Waals surface area (Å²) in [7, 11) is -4.47. The number of sulfonamides is 1. The Bertz CT molecular complexity index is 1840. The van der Waals surface area contributed by atoms with E-state index in [0.29, 0.717) is 19.3 Å². The Morgan fingerprint density at radius 1 is 0.913 bits per heavy atom. The van der Waals surface area contributed by atoms with Gasteiger partial charge in [-0.25, -0.2) is 8.42 Å². The fourth-order valence-corrected chi connectivity index (χ4v) is 6.72. The van der Waals surface area contributed by atoms with Gasteiger partial charge in [-0.05, 0) is 54.1 Å². The average Bonchev–Trinajstić information content (AvgIpc) is 3.49. The van der Waals surface area contributed by atoms with Gasteiger partial charge < -0.3 is 19.7 Å². The minimum Gasteiger partial charge on any atom is -0.371 e.